The molecule has 0 aromatic carbocycles. The molecule has 0 amide bonds. The maximum absolute atomic E-state index is 5.07. The molecule has 1 aromatic heterocycles. The van der Waals surface area contributed by atoms with Gasteiger partial charge in [0.15, 0.2) is 5.82 Å². The number of anilines is 2. The average Bonchev–Trinajstić information content (AvgIpc) is 3.12. The fourth-order valence-electron chi connectivity index (χ4n) is 1.84. The molecule has 1 aliphatic carbocycles. The van der Waals surface area contributed by atoms with Crippen LogP contribution < -0.4 is 10.6 Å². The van der Waals surface area contributed by atoms with Crippen LogP contribution in [0.3, 0.4) is 0 Å². The Morgan fingerprint density at radius 2 is 2.12 bits per heavy atom. The van der Waals surface area contributed by atoms with Crippen LogP contribution >= 0.6 is 0 Å². The number of hydrogen-bond donors (Lipinski definition) is 2. The van der Waals surface area contributed by atoms with Crippen LogP contribution in [0.1, 0.15) is 25.6 Å². The lowest BCUT2D eigenvalue weighted by Gasteiger charge is -2.15. The van der Waals surface area contributed by atoms with Gasteiger partial charge in [-0.3, -0.25) is 0 Å². The molecule has 1 aliphatic rings. The zero-order chi connectivity index (χ0) is 12.3. The second-order valence-corrected chi connectivity index (χ2v) is 4.51. The Balaban J connectivity index is 2.10. The number of aromatic nitrogens is 2. The number of methoxy groups -OCH3 is 1. The smallest absolute Gasteiger partial charge is 0.158 e. The Morgan fingerprint density at radius 1 is 1.41 bits per heavy atom. The van der Waals surface area contributed by atoms with Gasteiger partial charge < -0.3 is 15.4 Å². The summed E-state index contributed by atoms with van der Waals surface area (Å²) < 4.78 is 5.07. The predicted octanol–water partition coefficient (Wildman–Crippen LogP) is 1.88. The predicted molar refractivity (Wildman–Crippen MR) is 68.1 cm³/mol. The number of rotatable bonds is 6. The van der Waals surface area contributed by atoms with Gasteiger partial charge in [0, 0.05) is 26.3 Å². The van der Waals surface area contributed by atoms with Gasteiger partial charge in [-0.2, -0.15) is 0 Å². The minimum Gasteiger partial charge on any atom is -0.377 e. The first kappa shape index (κ1) is 12.1. The Bertz CT molecular complexity index is 379. The van der Waals surface area contributed by atoms with E-state index in [0.717, 1.165) is 17.6 Å². The molecule has 5 heteroatoms. The molecule has 2 rings (SSSR count). The van der Waals surface area contributed by atoms with Gasteiger partial charge in [0.1, 0.15) is 18.2 Å². The zero-order valence-corrected chi connectivity index (χ0v) is 10.7. The zero-order valence-electron chi connectivity index (χ0n) is 10.7. The van der Waals surface area contributed by atoms with Gasteiger partial charge in [0.25, 0.3) is 0 Å². The van der Waals surface area contributed by atoms with Crippen LogP contribution in [0, 0.1) is 5.92 Å². The van der Waals surface area contributed by atoms with E-state index in [0.29, 0.717) is 18.5 Å². The molecular weight excluding hydrogens is 216 g/mol. The maximum atomic E-state index is 5.07. The molecule has 1 atom stereocenters. The third kappa shape index (κ3) is 3.30. The Kier molecular flexibility index (Phi) is 3.78. The molecule has 1 unspecified atom stereocenters. The van der Waals surface area contributed by atoms with E-state index in [1.165, 1.54) is 12.8 Å². The molecule has 5 nitrogen and oxygen atoms in total. The van der Waals surface area contributed by atoms with E-state index in [2.05, 4.69) is 27.5 Å². The molecule has 1 heterocycles. The summed E-state index contributed by atoms with van der Waals surface area (Å²) in [4.78, 5) is 8.76. The lowest BCUT2D eigenvalue weighted by molar-refractivity contribution is 0.178. The minimum absolute atomic E-state index is 0.433. The standard InChI is InChI=1S/C12H20N4O/c1-8(9-4-5-9)14-11-6-10(13-2)15-12(16-11)7-17-3/h6,8-9H,4-5,7H2,1-3H3,(H2,13,14,15,16). The Hall–Kier alpha value is -1.36. The van der Waals surface area contributed by atoms with E-state index in [1.54, 1.807) is 7.11 Å². The van der Waals surface area contributed by atoms with E-state index < -0.39 is 0 Å². The highest BCUT2D eigenvalue weighted by atomic mass is 16.5. The number of hydrogen-bond acceptors (Lipinski definition) is 5. The summed E-state index contributed by atoms with van der Waals surface area (Å²) in [5.41, 5.74) is 0. The van der Waals surface area contributed by atoms with Crippen LogP contribution in [0.25, 0.3) is 0 Å². The van der Waals surface area contributed by atoms with Crippen molar-refractivity contribution < 1.29 is 4.74 Å². The van der Waals surface area contributed by atoms with Crippen LogP contribution in [0.2, 0.25) is 0 Å². The summed E-state index contributed by atoms with van der Waals surface area (Å²) in [6, 6.07) is 2.41. The second-order valence-electron chi connectivity index (χ2n) is 4.51. The molecule has 0 spiro atoms. The van der Waals surface area contributed by atoms with Gasteiger partial charge in [-0.25, -0.2) is 9.97 Å². The SMILES string of the molecule is CNc1cc(NC(C)C2CC2)nc(COC)n1. The molecular formula is C12H20N4O. The van der Waals surface area contributed by atoms with E-state index in [1.807, 2.05) is 13.1 Å². The summed E-state index contributed by atoms with van der Waals surface area (Å²) in [6.45, 7) is 2.64. The van der Waals surface area contributed by atoms with Crippen LogP contribution in [0.5, 0.6) is 0 Å². The van der Waals surface area contributed by atoms with Crippen molar-refractivity contribution in [1.82, 2.24) is 9.97 Å². The summed E-state index contributed by atoms with van der Waals surface area (Å²) in [5, 5.41) is 6.47. The van der Waals surface area contributed by atoms with E-state index in [4.69, 9.17) is 4.74 Å². The molecule has 17 heavy (non-hydrogen) atoms. The number of ether oxygens (including phenoxy) is 1. The number of nitrogens with one attached hydrogen (secondary N) is 2. The van der Waals surface area contributed by atoms with E-state index in [-0.39, 0.29) is 0 Å². The highest BCUT2D eigenvalue weighted by Crippen LogP contribution is 2.33. The van der Waals surface area contributed by atoms with Gasteiger partial charge in [-0.15, -0.1) is 0 Å². The highest BCUT2D eigenvalue weighted by molar-refractivity contribution is 5.47. The van der Waals surface area contributed by atoms with Gasteiger partial charge in [0.2, 0.25) is 0 Å². The van der Waals surface area contributed by atoms with Crippen molar-refractivity contribution in [3.8, 4) is 0 Å². The average molecular weight is 236 g/mol. The maximum Gasteiger partial charge on any atom is 0.158 e. The lowest BCUT2D eigenvalue weighted by Crippen LogP contribution is -2.19. The van der Waals surface area contributed by atoms with Crippen molar-refractivity contribution in [3.05, 3.63) is 11.9 Å². The van der Waals surface area contributed by atoms with Crippen molar-refractivity contribution in [3.63, 3.8) is 0 Å². The monoisotopic (exact) mass is 236 g/mol. The first-order valence-corrected chi connectivity index (χ1v) is 6.04. The first-order valence-electron chi connectivity index (χ1n) is 6.04. The summed E-state index contributed by atoms with van der Waals surface area (Å²) in [6.07, 6.45) is 2.64. The van der Waals surface area contributed by atoms with Gasteiger partial charge >= 0.3 is 0 Å². The van der Waals surface area contributed by atoms with Crippen LogP contribution in [0.4, 0.5) is 11.6 Å². The molecule has 1 aromatic rings. The molecule has 1 fully saturated rings. The van der Waals surface area contributed by atoms with E-state index in [9.17, 15) is 0 Å². The van der Waals surface area contributed by atoms with Crippen molar-refractivity contribution in [2.45, 2.75) is 32.4 Å². The van der Waals surface area contributed by atoms with Crippen molar-refractivity contribution >= 4 is 11.6 Å². The molecule has 0 aliphatic heterocycles. The third-order valence-corrected chi connectivity index (χ3v) is 3.01. The third-order valence-electron chi connectivity index (χ3n) is 3.01. The fraction of sp³-hybridized carbons (Fsp3) is 0.667. The Morgan fingerprint density at radius 3 is 2.71 bits per heavy atom. The van der Waals surface area contributed by atoms with Crippen molar-refractivity contribution in [2.24, 2.45) is 5.92 Å². The summed E-state index contributed by atoms with van der Waals surface area (Å²) in [5.74, 6) is 3.19. The fourth-order valence-corrected chi connectivity index (χ4v) is 1.84. The summed E-state index contributed by atoms with van der Waals surface area (Å²) >= 11 is 0. The highest BCUT2D eigenvalue weighted by Gasteiger charge is 2.28. The Labute approximate surface area is 102 Å². The molecule has 1 saturated carbocycles. The molecule has 94 valence electrons. The van der Waals surface area contributed by atoms with Gasteiger partial charge in [0.05, 0.1) is 0 Å². The topological polar surface area (TPSA) is 59.1 Å². The largest absolute Gasteiger partial charge is 0.377 e. The molecule has 2 N–H and O–H groups in total. The van der Waals surface area contributed by atoms with Crippen LogP contribution in [-0.2, 0) is 11.3 Å². The van der Waals surface area contributed by atoms with Gasteiger partial charge in [-0.05, 0) is 25.7 Å². The normalized spacial score (nSPS) is 16.6. The molecule has 0 bridgehead atoms. The molecule has 0 saturated heterocycles. The second kappa shape index (κ2) is 5.31. The molecule has 0 radical (unpaired) electrons. The number of nitrogens with zero attached hydrogens (tertiary/aromatic N) is 2. The van der Waals surface area contributed by atoms with Crippen molar-refractivity contribution in [1.29, 1.82) is 0 Å². The minimum atomic E-state index is 0.433. The van der Waals surface area contributed by atoms with Gasteiger partial charge in [-0.1, -0.05) is 0 Å². The quantitative estimate of drug-likeness (QED) is 0.789. The lowest BCUT2D eigenvalue weighted by atomic mass is 10.2. The first-order chi connectivity index (χ1) is 8.22. The van der Waals surface area contributed by atoms with E-state index >= 15 is 0 Å². The van der Waals surface area contributed by atoms with Crippen LogP contribution in [0.15, 0.2) is 6.07 Å². The van der Waals surface area contributed by atoms with Crippen LogP contribution in [-0.4, -0.2) is 30.2 Å². The van der Waals surface area contributed by atoms with Crippen molar-refractivity contribution in [2.75, 3.05) is 24.8 Å². The summed E-state index contributed by atoms with van der Waals surface area (Å²) in [7, 11) is 3.50.